The van der Waals surface area contributed by atoms with Gasteiger partial charge in [-0.1, -0.05) is 43.8 Å². The summed E-state index contributed by atoms with van der Waals surface area (Å²) >= 11 is 0. The van der Waals surface area contributed by atoms with E-state index in [2.05, 4.69) is 11.9 Å². The molecule has 1 N–H and O–H groups in total. The Labute approximate surface area is 150 Å². The Morgan fingerprint density at radius 3 is 2.40 bits per heavy atom. The zero-order valence-electron chi connectivity index (χ0n) is 15.5. The smallest absolute Gasteiger partial charge is 0.246 e. The molecule has 0 heterocycles. The number of hydrogen-bond acceptors (Lipinski definition) is 3. The topological polar surface area (TPSA) is 55.4 Å². The molecule has 1 aromatic rings. The van der Waals surface area contributed by atoms with Gasteiger partial charge in [-0.2, -0.15) is 0 Å². The van der Waals surface area contributed by atoms with Crippen molar-refractivity contribution in [3.63, 3.8) is 0 Å². The highest BCUT2D eigenvalue weighted by Gasteiger charge is 2.16. The standard InChI is InChI=1S/C21H27NO3/c1-6-20(23)18(13-16(3)21(24)22-4)12-15(2)19(14-25-5)17-10-8-7-9-11-17/h7-13,19H,2,6,14H2,1,3-5H3,(H,22,24)/b16-13+,18-12+. The van der Waals surface area contributed by atoms with E-state index < -0.39 is 0 Å². The summed E-state index contributed by atoms with van der Waals surface area (Å²) in [7, 11) is 3.20. The summed E-state index contributed by atoms with van der Waals surface area (Å²) in [5, 5.41) is 2.56. The molecule has 0 radical (unpaired) electrons. The number of nitrogens with one attached hydrogen (secondary N) is 1. The van der Waals surface area contributed by atoms with Crippen LogP contribution in [0.3, 0.4) is 0 Å². The van der Waals surface area contributed by atoms with Crippen molar-refractivity contribution in [3.8, 4) is 0 Å². The van der Waals surface area contributed by atoms with Crippen LogP contribution < -0.4 is 5.32 Å². The number of amides is 1. The van der Waals surface area contributed by atoms with E-state index in [-0.39, 0.29) is 17.6 Å². The summed E-state index contributed by atoms with van der Waals surface area (Å²) in [6.45, 7) is 8.08. The molecule has 0 saturated carbocycles. The average Bonchev–Trinajstić information content (AvgIpc) is 2.64. The van der Waals surface area contributed by atoms with Gasteiger partial charge in [-0.25, -0.2) is 0 Å². The highest BCUT2D eigenvalue weighted by Crippen LogP contribution is 2.26. The highest BCUT2D eigenvalue weighted by atomic mass is 16.5. The number of allylic oxidation sites excluding steroid dienone is 3. The Morgan fingerprint density at radius 1 is 1.24 bits per heavy atom. The normalized spacial score (nSPS) is 13.3. The van der Waals surface area contributed by atoms with E-state index >= 15 is 0 Å². The molecule has 1 unspecified atom stereocenters. The maximum Gasteiger partial charge on any atom is 0.246 e. The van der Waals surface area contributed by atoms with E-state index in [0.29, 0.717) is 24.2 Å². The van der Waals surface area contributed by atoms with Gasteiger partial charge in [-0.05, 0) is 30.2 Å². The first-order valence-corrected chi connectivity index (χ1v) is 8.32. The molecular weight excluding hydrogens is 314 g/mol. The molecule has 4 nitrogen and oxygen atoms in total. The maximum atomic E-state index is 12.3. The summed E-state index contributed by atoms with van der Waals surface area (Å²) < 4.78 is 5.33. The number of methoxy groups -OCH3 is 1. The van der Waals surface area contributed by atoms with Crippen molar-refractivity contribution >= 4 is 11.7 Å². The lowest BCUT2D eigenvalue weighted by molar-refractivity contribution is -0.117. The van der Waals surface area contributed by atoms with Crippen molar-refractivity contribution in [2.75, 3.05) is 20.8 Å². The SMILES string of the molecule is C=C(/C=C(\C=C(/C)C(=O)NC)C(=O)CC)C(COC)c1ccccc1. The first-order valence-electron chi connectivity index (χ1n) is 8.32. The van der Waals surface area contributed by atoms with E-state index in [1.54, 1.807) is 40.2 Å². The third-order valence-electron chi connectivity index (χ3n) is 3.92. The van der Waals surface area contributed by atoms with Crippen LogP contribution in [-0.2, 0) is 14.3 Å². The lowest BCUT2D eigenvalue weighted by Crippen LogP contribution is -2.19. The van der Waals surface area contributed by atoms with E-state index in [4.69, 9.17) is 4.74 Å². The summed E-state index contributed by atoms with van der Waals surface area (Å²) in [5.74, 6) is -0.301. The zero-order chi connectivity index (χ0) is 18.8. The van der Waals surface area contributed by atoms with Gasteiger partial charge in [0.1, 0.15) is 0 Å². The van der Waals surface area contributed by atoms with Gasteiger partial charge in [0.05, 0.1) is 6.61 Å². The van der Waals surface area contributed by atoms with Crippen LogP contribution in [0, 0.1) is 0 Å². The molecule has 0 saturated heterocycles. The predicted molar refractivity (Wildman–Crippen MR) is 101 cm³/mol. The summed E-state index contributed by atoms with van der Waals surface area (Å²) in [5.41, 5.74) is 2.80. The molecule has 1 atom stereocenters. The minimum atomic E-state index is -0.211. The predicted octanol–water partition coefficient (Wildman–Crippen LogP) is 3.57. The van der Waals surface area contributed by atoms with Crippen molar-refractivity contribution in [1.82, 2.24) is 5.32 Å². The highest BCUT2D eigenvalue weighted by molar-refractivity contribution is 6.01. The number of rotatable bonds is 9. The molecule has 25 heavy (non-hydrogen) atoms. The number of carbonyl (C=O) groups excluding carboxylic acids is 2. The molecule has 1 amide bonds. The molecule has 0 fully saturated rings. The number of ether oxygens (including phenoxy) is 1. The average molecular weight is 341 g/mol. The van der Waals surface area contributed by atoms with Gasteiger partial charge in [-0.15, -0.1) is 0 Å². The van der Waals surface area contributed by atoms with Crippen LogP contribution >= 0.6 is 0 Å². The van der Waals surface area contributed by atoms with Crippen LogP contribution in [0.15, 0.2) is 65.8 Å². The minimum Gasteiger partial charge on any atom is -0.384 e. The molecule has 1 rings (SSSR count). The second-order valence-electron chi connectivity index (χ2n) is 5.78. The van der Waals surface area contributed by atoms with Crippen LogP contribution in [0.2, 0.25) is 0 Å². The zero-order valence-corrected chi connectivity index (χ0v) is 15.5. The Balaban J connectivity index is 3.23. The monoisotopic (exact) mass is 341 g/mol. The Morgan fingerprint density at radius 2 is 1.88 bits per heavy atom. The van der Waals surface area contributed by atoms with Gasteiger partial charge >= 0.3 is 0 Å². The summed E-state index contributed by atoms with van der Waals surface area (Å²) in [4.78, 5) is 24.0. The minimum absolute atomic E-state index is 0.0337. The van der Waals surface area contributed by atoms with Crippen molar-refractivity contribution in [2.24, 2.45) is 0 Å². The van der Waals surface area contributed by atoms with Crippen molar-refractivity contribution in [3.05, 3.63) is 71.3 Å². The van der Waals surface area contributed by atoms with E-state index in [0.717, 1.165) is 11.1 Å². The van der Waals surface area contributed by atoms with E-state index in [1.165, 1.54) is 0 Å². The Kier molecular flexibility index (Phi) is 8.57. The second kappa shape index (κ2) is 10.4. The van der Waals surface area contributed by atoms with Gasteiger partial charge in [-0.3, -0.25) is 9.59 Å². The molecule has 0 aliphatic carbocycles. The van der Waals surface area contributed by atoms with Crippen LogP contribution in [0.25, 0.3) is 0 Å². The number of Topliss-reactive ketones (excluding diaryl/α,β-unsaturated/α-hetero) is 1. The maximum absolute atomic E-state index is 12.3. The second-order valence-corrected chi connectivity index (χ2v) is 5.78. The van der Waals surface area contributed by atoms with Crippen LogP contribution in [0.5, 0.6) is 0 Å². The number of ketones is 1. The van der Waals surface area contributed by atoms with Crippen molar-refractivity contribution < 1.29 is 14.3 Å². The number of carbonyl (C=O) groups is 2. The fourth-order valence-electron chi connectivity index (χ4n) is 2.47. The summed E-state index contributed by atoms with van der Waals surface area (Å²) in [6.07, 6.45) is 3.73. The third kappa shape index (κ3) is 6.16. The van der Waals surface area contributed by atoms with Crippen molar-refractivity contribution in [2.45, 2.75) is 26.2 Å². The van der Waals surface area contributed by atoms with Gasteiger partial charge in [0.2, 0.25) is 5.91 Å². The molecule has 0 aliphatic heterocycles. The number of likely N-dealkylation sites (N-methyl/N-ethyl adjacent to an activating group) is 1. The van der Waals surface area contributed by atoms with Crippen LogP contribution in [0.1, 0.15) is 31.7 Å². The van der Waals surface area contributed by atoms with Crippen LogP contribution in [0.4, 0.5) is 0 Å². The fraction of sp³-hybridized carbons (Fsp3) is 0.333. The Bertz CT molecular complexity index is 672. The molecule has 134 valence electrons. The lowest BCUT2D eigenvalue weighted by Gasteiger charge is -2.18. The van der Waals surface area contributed by atoms with E-state index in [1.807, 2.05) is 30.3 Å². The number of benzene rings is 1. The van der Waals surface area contributed by atoms with Gasteiger partial charge < -0.3 is 10.1 Å². The van der Waals surface area contributed by atoms with E-state index in [9.17, 15) is 9.59 Å². The number of hydrogen-bond donors (Lipinski definition) is 1. The van der Waals surface area contributed by atoms with Gasteiger partial charge in [0.15, 0.2) is 5.78 Å². The molecule has 0 aliphatic rings. The Hall–Kier alpha value is -2.46. The molecule has 4 heteroatoms. The summed E-state index contributed by atoms with van der Waals surface area (Å²) in [6, 6.07) is 9.89. The largest absolute Gasteiger partial charge is 0.384 e. The third-order valence-corrected chi connectivity index (χ3v) is 3.92. The van der Waals surface area contributed by atoms with Crippen molar-refractivity contribution in [1.29, 1.82) is 0 Å². The quantitative estimate of drug-likeness (QED) is 0.552. The van der Waals surface area contributed by atoms with Crippen LogP contribution in [-0.4, -0.2) is 32.5 Å². The van der Waals surface area contributed by atoms with Gasteiger partial charge in [0.25, 0.3) is 0 Å². The first kappa shape index (κ1) is 20.6. The lowest BCUT2D eigenvalue weighted by atomic mass is 9.90. The first-order chi connectivity index (χ1) is 11.9. The molecule has 0 bridgehead atoms. The fourth-order valence-corrected chi connectivity index (χ4v) is 2.47. The molecule has 0 spiro atoms. The molecular formula is C21H27NO3. The van der Waals surface area contributed by atoms with Gasteiger partial charge in [0, 0.05) is 37.6 Å². The molecule has 1 aromatic carbocycles. The molecule has 0 aromatic heterocycles.